The van der Waals surface area contributed by atoms with Crippen LogP contribution in [0.25, 0.3) is 0 Å². The van der Waals surface area contributed by atoms with E-state index < -0.39 is 0 Å². The maximum absolute atomic E-state index is 5.89. The topological polar surface area (TPSA) is 32.5 Å². The highest BCUT2D eigenvalue weighted by molar-refractivity contribution is 4.80. The molecule has 1 fully saturated rings. The molecule has 2 unspecified atom stereocenters. The number of nitrogens with two attached hydrogens (primary N) is 1. The number of hydrogen-bond donors (Lipinski definition) is 1. The lowest BCUT2D eigenvalue weighted by atomic mass is 9.94. The van der Waals surface area contributed by atoms with Crippen LogP contribution in [0.2, 0.25) is 0 Å². The van der Waals surface area contributed by atoms with E-state index in [9.17, 15) is 0 Å². The first-order chi connectivity index (χ1) is 9.06. The van der Waals surface area contributed by atoms with Crippen molar-refractivity contribution < 1.29 is 0 Å². The molecular weight excluding hydrogens is 234 g/mol. The molecule has 0 bridgehead atoms. The molecule has 0 aromatic carbocycles. The summed E-state index contributed by atoms with van der Waals surface area (Å²) in [5.74, 6) is 1.47. The zero-order chi connectivity index (χ0) is 14.3. The third-order valence-corrected chi connectivity index (χ3v) is 4.48. The van der Waals surface area contributed by atoms with Crippen LogP contribution < -0.4 is 5.73 Å². The van der Waals surface area contributed by atoms with Gasteiger partial charge < -0.3 is 10.6 Å². The average Bonchev–Trinajstić information content (AvgIpc) is 2.81. The van der Waals surface area contributed by atoms with Gasteiger partial charge in [0.25, 0.3) is 0 Å². The summed E-state index contributed by atoms with van der Waals surface area (Å²) in [5, 5.41) is 0. The van der Waals surface area contributed by atoms with Gasteiger partial charge in [-0.05, 0) is 70.7 Å². The second-order valence-corrected chi connectivity index (χ2v) is 6.71. The first-order valence-electron chi connectivity index (χ1n) is 8.19. The lowest BCUT2D eigenvalue weighted by Crippen LogP contribution is -2.39. The van der Waals surface area contributed by atoms with Gasteiger partial charge in [-0.25, -0.2) is 0 Å². The van der Waals surface area contributed by atoms with Crippen molar-refractivity contribution in [3.63, 3.8) is 0 Å². The maximum atomic E-state index is 5.89. The van der Waals surface area contributed by atoms with Crippen molar-refractivity contribution in [3.8, 4) is 0 Å². The molecule has 0 spiro atoms. The van der Waals surface area contributed by atoms with E-state index in [-0.39, 0.29) is 0 Å². The molecule has 0 aromatic heterocycles. The smallest absolute Gasteiger partial charge is 0.0223 e. The van der Waals surface area contributed by atoms with E-state index in [1.807, 2.05) is 0 Å². The van der Waals surface area contributed by atoms with E-state index >= 15 is 0 Å². The van der Waals surface area contributed by atoms with Crippen molar-refractivity contribution in [2.75, 3.05) is 39.8 Å². The Morgan fingerprint density at radius 2 is 2.11 bits per heavy atom. The first kappa shape index (κ1) is 16.9. The number of hydrogen-bond acceptors (Lipinski definition) is 3. The fraction of sp³-hybridized carbons (Fsp3) is 1.00. The summed E-state index contributed by atoms with van der Waals surface area (Å²) in [6.45, 7) is 12.6. The second-order valence-electron chi connectivity index (χ2n) is 6.71. The summed E-state index contributed by atoms with van der Waals surface area (Å²) in [4.78, 5) is 5.15. The van der Waals surface area contributed by atoms with Gasteiger partial charge in [0, 0.05) is 12.6 Å². The lowest BCUT2D eigenvalue weighted by molar-refractivity contribution is 0.190. The molecule has 1 saturated heterocycles. The normalized spacial score (nSPS) is 22.6. The SMILES string of the molecule is CCN1CCCC1CN(C)CCC(CN)CC(C)C. The van der Waals surface area contributed by atoms with Gasteiger partial charge in [0.05, 0.1) is 0 Å². The van der Waals surface area contributed by atoms with E-state index in [0.717, 1.165) is 18.5 Å². The van der Waals surface area contributed by atoms with Gasteiger partial charge in [-0.2, -0.15) is 0 Å². The molecule has 2 N–H and O–H groups in total. The monoisotopic (exact) mass is 269 g/mol. The van der Waals surface area contributed by atoms with Crippen molar-refractivity contribution in [3.05, 3.63) is 0 Å². The molecule has 1 heterocycles. The van der Waals surface area contributed by atoms with E-state index in [4.69, 9.17) is 5.73 Å². The van der Waals surface area contributed by atoms with E-state index in [0.29, 0.717) is 5.92 Å². The summed E-state index contributed by atoms with van der Waals surface area (Å²) in [6, 6.07) is 0.788. The molecule has 1 aliphatic rings. The Morgan fingerprint density at radius 3 is 2.68 bits per heavy atom. The Morgan fingerprint density at radius 1 is 1.37 bits per heavy atom. The molecule has 2 atom stereocenters. The fourth-order valence-electron chi connectivity index (χ4n) is 3.37. The third-order valence-electron chi connectivity index (χ3n) is 4.48. The molecule has 0 aliphatic carbocycles. The van der Waals surface area contributed by atoms with Gasteiger partial charge in [-0.3, -0.25) is 4.90 Å². The van der Waals surface area contributed by atoms with Gasteiger partial charge >= 0.3 is 0 Å². The number of nitrogens with zero attached hydrogens (tertiary/aromatic N) is 2. The van der Waals surface area contributed by atoms with Crippen LogP contribution in [0.15, 0.2) is 0 Å². The van der Waals surface area contributed by atoms with Crippen LogP contribution in [0.1, 0.15) is 46.5 Å². The molecule has 114 valence electrons. The maximum Gasteiger partial charge on any atom is 0.0223 e. The van der Waals surface area contributed by atoms with Crippen molar-refractivity contribution in [2.24, 2.45) is 17.6 Å². The van der Waals surface area contributed by atoms with Crippen LogP contribution in [-0.2, 0) is 0 Å². The van der Waals surface area contributed by atoms with Crippen LogP contribution in [0, 0.1) is 11.8 Å². The van der Waals surface area contributed by atoms with Crippen molar-refractivity contribution in [1.82, 2.24) is 9.80 Å². The minimum atomic E-state index is 0.702. The molecule has 19 heavy (non-hydrogen) atoms. The first-order valence-corrected chi connectivity index (χ1v) is 8.19. The molecule has 0 radical (unpaired) electrons. The quantitative estimate of drug-likeness (QED) is 0.698. The molecule has 3 heteroatoms. The molecule has 1 aliphatic heterocycles. The van der Waals surface area contributed by atoms with Crippen LogP contribution in [0.5, 0.6) is 0 Å². The molecule has 3 nitrogen and oxygen atoms in total. The van der Waals surface area contributed by atoms with Crippen molar-refractivity contribution in [2.45, 2.75) is 52.5 Å². The average molecular weight is 269 g/mol. The molecule has 0 amide bonds. The number of likely N-dealkylation sites (N-methyl/N-ethyl adjacent to an activating group) is 2. The molecule has 0 saturated carbocycles. The summed E-state index contributed by atoms with van der Waals surface area (Å²) in [7, 11) is 2.27. The number of likely N-dealkylation sites (tertiary alicyclic amines) is 1. The largest absolute Gasteiger partial charge is 0.330 e. The summed E-state index contributed by atoms with van der Waals surface area (Å²) in [6.07, 6.45) is 5.29. The Kier molecular flexibility index (Phi) is 7.96. The lowest BCUT2D eigenvalue weighted by Gasteiger charge is -2.28. The van der Waals surface area contributed by atoms with Gasteiger partial charge in [-0.1, -0.05) is 20.8 Å². The second kappa shape index (κ2) is 8.93. The van der Waals surface area contributed by atoms with Crippen LogP contribution >= 0.6 is 0 Å². The minimum absolute atomic E-state index is 0.702. The highest BCUT2D eigenvalue weighted by Crippen LogP contribution is 2.18. The molecular formula is C16H35N3. The summed E-state index contributed by atoms with van der Waals surface area (Å²) < 4.78 is 0. The summed E-state index contributed by atoms with van der Waals surface area (Å²) >= 11 is 0. The zero-order valence-electron chi connectivity index (χ0n) is 13.6. The molecule has 0 aromatic rings. The predicted octanol–water partition coefficient (Wildman–Crippen LogP) is 2.41. The highest BCUT2D eigenvalue weighted by Gasteiger charge is 2.24. The van der Waals surface area contributed by atoms with Crippen LogP contribution in [0.3, 0.4) is 0 Å². The highest BCUT2D eigenvalue weighted by atomic mass is 15.2. The Balaban J connectivity index is 2.24. The van der Waals surface area contributed by atoms with Crippen molar-refractivity contribution >= 4 is 0 Å². The van der Waals surface area contributed by atoms with Crippen LogP contribution in [0.4, 0.5) is 0 Å². The minimum Gasteiger partial charge on any atom is -0.330 e. The summed E-state index contributed by atoms with van der Waals surface area (Å²) in [5.41, 5.74) is 5.89. The fourth-order valence-corrected chi connectivity index (χ4v) is 3.37. The van der Waals surface area contributed by atoms with E-state index in [1.165, 1.54) is 51.9 Å². The Bertz CT molecular complexity index is 230. The van der Waals surface area contributed by atoms with E-state index in [1.54, 1.807) is 0 Å². The van der Waals surface area contributed by atoms with Crippen LogP contribution in [-0.4, -0.2) is 55.6 Å². The Hall–Kier alpha value is -0.120. The van der Waals surface area contributed by atoms with Gasteiger partial charge in [0.1, 0.15) is 0 Å². The predicted molar refractivity (Wildman–Crippen MR) is 84.4 cm³/mol. The molecule has 1 rings (SSSR count). The van der Waals surface area contributed by atoms with Gasteiger partial charge in [0.2, 0.25) is 0 Å². The number of rotatable bonds is 9. The third kappa shape index (κ3) is 6.24. The standard InChI is InChI=1S/C16H35N3/c1-5-19-9-6-7-16(19)13-18(4)10-8-15(12-17)11-14(2)3/h14-16H,5-13,17H2,1-4H3. The van der Waals surface area contributed by atoms with E-state index in [2.05, 4.69) is 37.6 Å². The van der Waals surface area contributed by atoms with Crippen molar-refractivity contribution in [1.29, 1.82) is 0 Å². The Labute approximate surface area is 120 Å². The van der Waals surface area contributed by atoms with Gasteiger partial charge in [-0.15, -0.1) is 0 Å². The zero-order valence-corrected chi connectivity index (χ0v) is 13.6. The van der Waals surface area contributed by atoms with Gasteiger partial charge in [0.15, 0.2) is 0 Å².